The molecular formula is C12H11BrClN3O. The maximum Gasteiger partial charge on any atom is 0.255 e. The van der Waals surface area contributed by atoms with Gasteiger partial charge in [-0.15, -0.1) is 0 Å². The fourth-order valence-electron chi connectivity index (χ4n) is 1.58. The van der Waals surface area contributed by atoms with Gasteiger partial charge in [-0.25, -0.2) is 0 Å². The molecule has 94 valence electrons. The van der Waals surface area contributed by atoms with E-state index in [1.54, 1.807) is 42.5 Å². The second kappa shape index (κ2) is 5.54. The number of carbonyl (C=O) groups is 1. The molecule has 0 bridgehead atoms. The Morgan fingerprint density at radius 1 is 1.56 bits per heavy atom. The number of amides is 1. The highest BCUT2D eigenvalue weighted by molar-refractivity contribution is 9.10. The molecule has 4 nitrogen and oxygen atoms in total. The average molecular weight is 329 g/mol. The Labute approximate surface area is 118 Å². The largest absolute Gasteiger partial charge is 0.337 e. The number of nitrogens with zero attached hydrogens (tertiary/aromatic N) is 2. The molecule has 0 aliphatic rings. The lowest BCUT2D eigenvalue weighted by molar-refractivity contribution is 0.0784. The summed E-state index contributed by atoms with van der Waals surface area (Å²) >= 11 is 9.19. The monoisotopic (exact) mass is 327 g/mol. The highest BCUT2D eigenvalue weighted by Crippen LogP contribution is 2.23. The van der Waals surface area contributed by atoms with Gasteiger partial charge in [-0.2, -0.15) is 5.10 Å². The zero-order valence-corrected chi connectivity index (χ0v) is 12.0. The summed E-state index contributed by atoms with van der Waals surface area (Å²) in [5.41, 5.74) is 1.54. The predicted octanol–water partition coefficient (Wildman–Crippen LogP) is 3.10. The maximum atomic E-state index is 12.2. The van der Waals surface area contributed by atoms with Crippen molar-refractivity contribution in [1.29, 1.82) is 0 Å². The molecule has 1 aromatic carbocycles. The van der Waals surface area contributed by atoms with Crippen LogP contribution in [0.4, 0.5) is 0 Å². The lowest BCUT2D eigenvalue weighted by Crippen LogP contribution is -2.26. The molecule has 1 heterocycles. The summed E-state index contributed by atoms with van der Waals surface area (Å²) in [5.74, 6) is -0.0697. The summed E-state index contributed by atoms with van der Waals surface area (Å²) in [6.07, 6.45) is 3.46. The van der Waals surface area contributed by atoms with E-state index in [0.29, 0.717) is 21.6 Å². The normalized spacial score (nSPS) is 10.4. The van der Waals surface area contributed by atoms with Crippen molar-refractivity contribution >= 4 is 33.4 Å². The number of halogens is 2. The zero-order chi connectivity index (χ0) is 13.1. The molecular weight excluding hydrogens is 318 g/mol. The minimum absolute atomic E-state index is 0.0697. The minimum atomic E-state index is -0.0697. The second-order valence-electron chi connectivity index (χ2n) is 3.89. The fourth-order valence-corrected chi connectivity index (χ4v) is 2.43. The van der Waals surface area contributed by atoms with Crippen LogP contribution in [0.3, 0.4) is 0 Å². The molecule has 0 saturated carbocycles. The van der Waals surface area contributed by atoms with Crippen molar-refractivity contribution in [2.75, 3.05) is 7.05 Å². The van der Waals surface area contributed by atoms with Crippen molar-refractivity contribution in [3.63, 3.8) is 0 Å². The molecule has 0 saturated heterocycles. The summed E-state index contributed by atoms with van der Waals surface area (Å²) in [4.78, 5) is 13.8. The van der Waals surface area contributed by atoms with Crippen molar-refractivity contribution < 1.29 is 4.79 Å². The highest BCUT2D eigenvalue weighted by Gasteiger charge is 2.15. The van der Waals surface area contributed by atoms with Gasteiger partial charge in [0.05, 0.1) is 11.8 Å². The highest BCUT2D eigenvalue weighted by atomic mass is 79.9. The van der Waals surface area contributed by atoms with E-state index in [2.05, 4.69) is 26.1 Å². The molecule has 0 spiro atoms. The van der Waals surface area contributed by atoms with Crippen LogP contribution < -0.4 is 0 Å². The second-order valence-corrected chi connectivity index (χ2v) is 5.18. The van der Waals surface area contributed by atoms with Crippen LogP contribution in [0.5, 0.6) is 0 Å². The van der Waals surface area contributed by atoms with Gasteiger partial charge in [0.25, 0.3) is 5.91 Å². The molecule has 0 radical (unpaired) electrons. The molecule has 0 aliphatic carbocycles. The van der Waals surface area contributed by atoms with Crippen molar-refractivity contribution in [1.82, 2.24) is 15.1 Å². The molecule has 2 rings (SSSR count). The third kappa shape index (κ3) is 2.91. The Morgan fingerprint density at radius 2 is 2.33 bits per heavy atom. The standard InChI is InChI=1S/C12H11BrClN3O/c1-17(7-8-5-15-16-6-8)12(18)10-3-2-9(14)4-11(10)13/h2-6H,7H2,1H3,(H,15,16). The Bertz CT molecular complexity index is 556. The summed E-state index contributed by atoms with van der Waals surface area (Å²) in [7, 11) is 1.75. The fraction of sp³-hybridized carbons (Fsp3) is 0.167. The van der Waals surface area contributed by atoms with E-state index in [-0.39, 0.29) is 5.91 Å². The van der Waals surface area contributed by atoms with Crippen LogP contribution in [0.25, 0.3) is 0 Å². The smallest absolute Gasteiger partial charge is 0.255 e. The van der Waals surface area contributed by atoms with Gasteiger partial charge in [0, 0.05) is 34.8 Å². The Hall–Kier alpha value is -1.33. The first kappa shape index (κ1) is 13.1. The van der Waals surface area contributed by atoms with Crippen LogP contribution in [0.15, 0.2) is 35.1 Å². The van der Waals surface area contributed by atoms with Gasteiger partial charge in [-0.05, 0) is 34.1 Å². The lowest BCUT2D eigenvalue weighted by Gasteiger charge is -2.17. The van der Waals surface area contributed by atoms with Crippen LogP contribution >= 0.6 is 27.5 Å². The van der Waals surface area contributed by atoms with Crippen LogP contribution in [0.1, 0.15) is 15.9 Å². The Balaban J connectivity index is 2.15. The Morgan fingerprint density at radius 3 is 2.94 bits per heavy atom. The van der Waals surface area contributed by atoms with E-state index in [9.17, 15) is 4.79 Å². The van der Waals surface area contributed by atoms with E-state index in [0.717, 1.165) is 5.56 Å². The van der Waals surface area contributed by atoms with Crippen LogP contribution in [-0.4, -0.2) is 28.1 Å². The molecule has 0 atom stereocenters. The molecule has 6 heteroatoms. The molecule has 2 aromatic rings. The first-order chi connectivity index (χ1) is 8.58. The number of carbonyl (C=O) groups excluding carboxylic acids is 1. The van der Waals surface area contributed by atoms with E-state index in [4.69, 9.17) is 11.6 Å². The predicted molar refractivity (Wildman–Crippen MR) is 73.5 cm³/mol. The van der Waals surface area contributed by atoms with Gasteiger partial charge in [0.15, 0.2) is 0 Å². The van der Waals surface area contributed by atoms with Crippen LogP contribution in [0, 0.1) is 0 Å². The van der Waals surface area contributed by atoms with Gasteiger partial charge in [0.2, 0.25) is 0 Å². The number of nitrogens with one attached hydrogen (secondary N) is 1. The summed E-state index contributed by atoms with van der Waals surface area (Å²) < 4.78 is 0.694. The topological polar surface area (TPSA) is 49.0 Å². The van der Waals surface area contributed by atoms with E-state index in [1.165, 1.54) is 0 Å². The van der Waals surface area contributed by atoms with Crippen molar-refractivity contribution in [3.8, 4) is 0 Å². The van der Waals surface area contributed by atoms with Crippen molar-refractivity contribution in [3.05, 3.63) is 51.2 Å². The van der Waals surface area contributed by atoms with Gasteiger partial charge >= 0.3 is 0 Å². The van der Waals surface area contributed by atoms with Gasteiger partial charge in [-0.1, -0.05) is 11.6 Å². The molecule has 1 N–H and O–H groups in total. The third-order valence-electron chi connectivity index (χ3n) is 2.48. The molecule has 1 amide bonds. The van der Waals surface area contributed by atoms with E-state index >= 15 is 0 Å². The number of hydrogen-bond acceptors (Lipinski definition) is 2. The van der Waals surface area contributed by atoms with Crippen LogP contribution in [-0.2, 0) is 6.54 Å². The molecule has 1 aromatic heterocycles. The Kier molecular flexibility index (Phi) is 4.04. The molecule has 0 unspecified atom stereocenters. The van der Waals surface area contributed by atoms with Gasteiger partial charge < -0.3 is 4.90 Å². The van der Waals surface area contributed by atoms with Crippen molar-refractivity contribution in [2.45, 2.75) is 6.54 Å². The van der Waals surface area contributed by atoms with Crippen molar-refractivity contribution in [2.24, 2.45) is 0 Å². The van der Waals surface area contributed by atoms with Gasteiger partial charge in [-0.3, -0.25) is 9.89 Å². The van der Waals surface area contributed by atoms with E-state index < -0.39 is 0 Å². The average Bonchev–Trinajstić information content (AvgIpc) is 2.81. The lowest BCUT2D eigenvalue weighted by atomic mass is 10.2. The number of H-pyrrole nitrogens is 1. The number of hydrogen-bond donors (Lipinski definition) is 1. The summed E-state index contributed by atoms with van der Waals surface area (Å²) in [6, 6.07) is 5.12. The third-order valence-corrected chi connectivity index (χ3v) is 3.37. The van der Waals surface area contributed by atoms with Crippen LogP contribution in [0.2, 0.25) is 5.02 Å². The molecule has 18 heavy (non-hydrogen) atoms. The first-order valence-electron chi connectivity index (χ1n) is 5.26. The molecule has 0 fully saturated rings. The number of aromatic nitrogens is 2. The zero-order valence-electron chi connectivity index (χ0n) is 9.65. The number of rotatable bonds is 3. The number of aromatic amines is 1. The number of benzene rings is 1. The summed E-state index contributed by atoms with van der Waals surface area (Å²) in [5, 5.41) is 7.16. The SMILES string of the molecule is CN(Cc1cn[nH]c1)C(=O)c1ccc(Cl)cc1Br. The molecule has 0 aliphatic heterocycles. The maximum absolute atomic E-state index is 12.2. The van der Waals surface area contributed by atoms with E-state index in [1.807, 2.05) is 0 Å². The minimum Gasteiger partial charge on any atom is -0.337 e. The quantitative estimate of drug-likeness (QED) is 0.941. The first-order valence-corrected chi connectivity index (χ1v) is 6.43. The van der Waals surface area contributed by atoms with Gasteiger partial charge in [0.1, 0.15) is 0 Å². The summed E-state index contributed by atoms with van der Waals surface area (Å²) in [6.45, 7) is 0.504.